The Morgan fingerprint density at radius 3 is 2.21 bits per heavy atom. The molecule has 0 spiro atoms. The number of aryl methyl sites for hydroxylation is 1. The van der Waals surface area contributed by atoms with Crippen LogP contribution in [0.25, 0.3) is 6.08 Å². The van der Waals surface area contributed by atoms with E-state index in [2.05, 4.69) is 37.2 Å². The van der Waals surface area contributed by atoms with Gasteiger partial charge in [-0.3, -0.25) is 14.9 Å². The molecule has 1 fully saturated rings. The number of ether oxygens (including phenoxy) is 1. The standard InChI is InChI=1S/C20H16Br2N2O4/c1-3-11-4-6-13(7-5-11)24-19(26)14(18(25)23-20(24)27)8-12-9-15(21)17(28-2)16(22)10-12/h4-10H,3H2,1-2H3,(H,23,25,27)/b14-8-. The van der Waals surface area contributed by atoms with Gasteiger partial charge in [0.25, 0.3) is 11.8 Å². The smallest absolute Gasteiger partial charge is 0.335 e. The minimum Gasteiger partial charge on any atom is -0.494 e. The van der Waals surface area contributed by atoms with Crippen LogP contribution in [0.5, 0.6) is 5.75 Å². The molecule has 1 N–H and O–H groups in total. The number of rotatable bonds is 4. The zero-order chi connectivity index (χ0) is 20.4. The zero-order valence-electron chi connectivity index (χ0n) is 15.1. The molecule has 1 saturated heterocycles. The molecule has 8 heteroatoms. The third kappa shape index (κ3) is 3.88. The Morgan fingerprint density at radius 2 is 1.68 bits per heavy atom. The van der Waals surface area contributed by atoms with Gasteiger partial charge in [0, 0.05) is 0 Å². The van der Waals surface area contributed by atoms with Crippen LogP contribution in [0, 0.1) is 0 Å². The summed E-state index contributed by atoms with van der Waals surface area (Å²) >= 11 is 6.78. The van der Waals surface area contributed by atoms with E-state index >= 15 is 0 Å². The van der Waals surface area contributed by atoms with Crippen molar-refractivity contribution in [3.05, 3.63) is 62.0 Å². The molecule has 6 nitrogen and oxygen atoms in total. The number of nitrogens with zero attached hydrogens (tertiary/aromatic N) is 1. The number of methoxy groups -OCH3 is 1. The monoisotopic (exact) mass is 506 g/mol. The van der Waals surface area contributed by atoms with Gasteiger partial charge in [-0.05, 0) is 79.7 Å². The molecule has 1 heterocycles. The van der Waals surface area contributed by atoms with Crippen LogP contribution >= 0.6 is 31.9 Å². The van der Waals surface area contributed by atoms with Crippen LogP contribution in [0.4, 0.5) is 10.5 Å². The van der Waals surface area contributed by atoms with Crippen LogP contribution < -0.4 is 15.0 Å². The highest BCUT2D eigenvalue weighted by atomic mass is 79.9. The number of benzene rings is 2. The van der Waals surface area contributed by atoms with Gasteiger partial charge in [-0.15, -0.1) is 0 Å². The molecule has 4 amide bonds. The summed E-state index contributed by atoms with van der Waals surface area (Å²) in [6, 6.07) is 9.71. The fraction of sp³-hybridized carbons (Fsp3) is 0.150. The van der Waals surface area contributed by atoms with Gasteiger partial charge >= 0.3 is 6.03 Å². The maximum atomic E-state index is 12.9. The molecule has 1 aliphatic rings. The Morgan fingerprint density at radius 1 is 1.07 bits per heavy atom. The average Bonchev–Trinajstić information content (AvgIpc) is 2.65. The molecule has 0 atom stereocenters. The molecule has 2 aromatic rings. The molecule has 0 aromatic heterocycles. The predicted octanol–water partition coefficient (Wildman–Crippen LogP) is 4.45. The van der Waals surface area contributed by atoms with Gasteiger partial charge in [0.1, 0.15) is 11.3 Å². The van der Waals surface area contributed by atoms with Crippen molar-refractivity contribution in [1.29, 1.82) is 0 Å². The van der Waals surface area contributed by atoms with Gasteiger partial charge in [-0.25, -0.2) is 9.69 Å². The highest BCUT2D eigenvalue weighted by Crippen LogP contribution is 2.35. The predicted molar refractivity (Wildman–Crippen MR) is 113 cm³/mol. The first-order valence-electron chi connectivity index (χ1n) is 8.39. The summed E-state index contributed by atoms with van der Waals surface area (Å²) in [5.41, 5.74) is 1.93. The molecule has 3 rings (SSSR count). The lowest BCUT2D eigenvalue weighted by atomic mass is 10.1. The Bertz CT molecular complexity index is 977. The first kappa shape index (κ1) is 20.3. The molecular weight excluding hydrogens is 492 g/mol. The number of urea groups is 1. The minimum absolute atomic E-state index is 0.136. The summed E-state index contributed by atoms with van der Waals surface area (Å²) in [5, 5.41) is 2.22. The lowest BCUT2D eigenvalue weighted by Gasteiger charge is -2.26. The topological polar surface area (TPSA) is 75.7 Å². The summed E-state index contributed by atoms with van der Waals surface area (Å²) in [6.45, 7) is 2.01. The van der Waals surface area contributed by atoms with Crippen molar-refractivity contribution in [3.63, 3.8) is 0 Å². The van der Waals surface area contributed by atoms with E-state index in [1.54, 1.807) is 24.3 Å². The van der Waals surface area contributed by atoms with E-state index in [0.29, 0.717) is 25.9 Å². The first-order chi connectivity index (χ1) is 13.3. The fourth-order valence-corrected chi connectivity index (χ4v) is 4.34. The van der Waals surface area contributed by atoms with Crippen LogP contribution in [0.2, 0.25) is 0 Å². The average molecular weight is 508 g/mol. The van der Waals surface area contributed by atoms with E-state index in [-0.39, 0.29) is 5.57 Å². The molecule has 0 aliphatic carbocycles. The van der Waals surface area contributed by atoms with Crippen LogP contribution in [-0.2, 0) is 16.0 Å². The first-order valence-corrected chi connectivity index (χ1v) is 9.97. The maximum absolute atomic E-state index is 12.9. The van der Waals surface area contributed by atoms with Crippen LogP contribution in [-0.4, -0.2) is 25.0 Å². The molecule has 1 aliphatic heterocycles. The van der Waals surface area contributed by atoms with Gasteiger partial charge in [0.05, 0.1) is 21.7 Å². The van der Waals surface area contributed by atoms with E-state index in [1.807, 2.05) is 19.1 Å². The van der Waals surface area contributed by atoms with Gasteiger partial charge in [-0.2, -0.15) is 0 Å². The molecule has 2 aromatic carbocycles. The van der Waals surface area contributed by atoms with Gasteiger partial charge in [0.2, 0.25) is 0 Å². The summed E-state index contributed by atoms with van der Waals surface area (Å²) in [6.07, 6.45) is 2.28. The fourth-order valence-electron chi connectivity index (χ4n) is 2.80. The summed E-state index contributed by atoms with van der Waals surface area (Å²) in [7, 11) is 1.54. The third-order valence-corrected chi connectivity index (χ3v) is 5.42. The number of imide groups is 2. The molecule has 144 valence electrons. The van der Waals surface area contributed by atoms with Crippen molar-refractivity contribution < 1.29 is 19.1 Å². The molecule has 28 heavy (non-hydrogen) atoms. The molecular formula is C20H16Br2N2O4. The number of barbiturate groups is 1. The van der Waals surface area contributed by atoms with E-state index in [4.69, 9.17) is 4.74 Å². The van der Waals surface area contributed by atoms with Crippen molar-refractivity contribution in [2.75, 3.05) is 12.0 Å². The Kier molecular flexibility index (Phi) is 6.00. The summed E-state index contributed by atoms with van der Waals surface area (Å²) < 4.78 is 6.57. The lowest BCUT2D eigenvalue weighted by Crippen LogP contribution is -2.54. The number of halogens is 2. The van der Waals surface area contributed by atoms with E-state index < -0.39 is 17.8 Å². The Balaban J connectivity index is 2.01. The summed E-state index contributed by atoms with van der Waals surface area (Å²) in [4.78, 5) is 38.5. The Labute approximate surface area is 178 Å². The van der Waals surface area contributed by atoms with Crippen molar-refractivity contribution in [3.8, 4) is 5.75 Å². The minimum atomic E-state index is -0.770. The number of carbonyl (C=O) groups is 3. The second-order valence-electron chi connectivity index (χ2n) is 6.00. The largest absolute Gasteiger partial charge is 0.494 e. The van der Waals surface area contributed by atoms with E-state index in [9.17, 15) is 14.4 Å². The molecule has 0 unspecified atom stereocenters. The third-order valence-electron chi connectivity index (χ3n) is 4.24. The number of hydrogen-bond donors (Lipinski definition) is 1. The Hall–Kier alpha value is -2.45. The highest BCUT2D eigenvalue weighted by Gasteiger charge is 2.36. The van der Waals surface area contributed by atoms with Crippen LogP contribution in [0.15, 0.2) is 50.9 Å². The van der Waals surface area contributed by atoms with Gasteiger partial charge in [-0.1, -0.05) is 19.1 Å². The van der Waals surface area contributed by atoms with Crippen molar-refractivity contribution in [2.24, 2.45) is 0 Å². The van der Waals surface area contributed by atoms with Gasteiger partial charge in [0.15, 0.2) is 0 Å². The second-order valence-corrected chi connectivity index (χ2v) is 7.70. The van der Waals surface area contributed by atoms with Gasteiger partial charge < -0.3 is 4.74 Å². The van der Waals surface area contributed by atoms with Crippen molar-refractivity contribution in [2.45, 2.75) is 13.3 Å². The number of hydrogen-bond acceptors (Lipinski definition) is 4. The zero-order valence-corrected chi connectivity index (χ0v) is 18.3. The van der Waals surface area contributed by atoms with Crippen molar-refractivity contribution in [1.82, 2.24) is 5.32 Å². The number of anilines is 1. The van der Waals surface area contributed by atoms with E-state index in [1.165, 1.54) is 13.2 Å². The second kappa shape index (κ2) is 8.28. The molecule has 0 bridgehead atoms. The number of nitrogens with one attached hydrogen (secondary N) is 1. The normalized spacial score (nSPS) is 15.8. The van der Waals surface area contributed by atoms with E-state index in [0.717, 1.165) is 16.9 Å². The van der Waals surface area contributed by atoms with Crippen LogP contribution in [0.3, 0.4) is 0 Å². The van der Waals surface area contributed by atoms with Crippen LogP contribution in [0.1, 0.15) is 18.1 Å². The number of carbonyl (C=O) groups excluding carboxylic acids is 3. The lowest BCUT2D eigenvalue weighted by molar-refractivity contribution is -0.122. The van der Waals surface area contributed by atoms with Crippen molar-refractivity contribution >= 4 is 61.5 Å². The number of amides is 4. The molecule has 0 radical (unpaired) electrons. The quantitative estimate of drug-likeness (QED) is 0.490. The highest BCUT2D eigenvalue weighted by molar-refractivity contribution is 9.11. The SMILES string of the molecule is CCc1ccc(N2C(=O)NC(=O)/C(=C/c3cc(Br)c(OC)c(Br)c3)C2=O)cc1. The summed E-state index contributed by atoms with van der Waals surface area (Å²) in [5.74, 6) is -0.824. The molecule has 0 saturated carbocycles. The maximum Gasteiger partial charge on any atom is 0.335 e.